The highest BCUT2D eigenvalue weighted by Gasteiger charge is 2.18. The van der Waals surface area contributed by atoms with Gasteiger partial charge in [0.1, 0.15) is 0 Å². The Morgan fingerprint density at radius 1 is 1.20 bits per heavy atom. The average molecular weight is 237 g/mol. The Hall–Kier alpha value is -0.170. The summed E-state index contributed by atoms with van der Waals surface area (Å²) < 4.78 is 24.8. The van der Waals surface area contributed by atoms with Gasteiger partial charge in [0.2, 0.25) is 10.0 Å². The summed E-state index contributed by atoms with van der Waals surface area (Å²) in [4.78, 5) is 2.05. The van der Waals surface area contributed by atoms with Crippen LogP contribution in [0.15, 0.2) is 0 Å². The Bertz CT molecular complexity index is 252. The molecule has 0 spiro atoms. The van der Waals surface area contributed by atoms with Crippen molar-refractivity contribution >= 4 is 10.0 Å². The van der Waals surface area contributed by atoms with E-state index < -0.39 is 10.0 Å². The van der Waals surface area contributed by atoms with Crippen LogP contribution in [0.25, 0.3) is 0 Å². The van der Waals surface area contributed by atoms with Crippen molar-refractivity contribution < 1.29 is 8.42 Å². The topological polar surface area (TPSA) is 66.6 Å². The van der Waals surface area contributed by atoms with Gasteiger partial charge in [-0.2, -0.15) is 0 Å². The molecular formula is C9H23N3O2S. The van der Waals surface area contributed by atoms with E-state index in [0.717, 1.165) is 13.0 Å². The first-order chi connectivity index (χ1) is 6.94. The highest BCUT2D eigenvalue weighted by molar-refractivity contribution is 7.89. The van der Waals surface area contributed by atoms with Gasteiger partial charge in [0.15, 0.2) is 0 Å². The number of rotatable bonds is 8. The normalized spacial score (nSPS) is 12.7. The SMILES string of the molecule is CCN(CCCN(C)C)S(=O)(=O)CCN. The van der Waals surface area contributed by atoms with Gasteiger partial charge < -0.3 is 10.6 Å². The maximum absolute atomic E-state index is 11.7. The van der Waals surface area contributed by atoms with Crippen LogP contribution in [-0.4, -0.2) is 63.7 Å². The van der Waals surface area contributed by atoms with E-state index in [1.807, 2.05) is 25.9 Å². The van der Waals surface area contributed by atoms with Crippen LogP contribution in [0.2, 0.25) is 0 Å². The molecule has 0 radical (unpaired) electrons. The average Bonchev–Trinajstić information content (AvgIpc) is 2.11. The number of nitrogens with zero attached hydrogens (tertiary/aromatic N) is 2. The third-order valence-electron chi connectivity index (χ3n) is 2.13. The van der Waals surface area contributed by atoms with Crippen molar-refractivity contribution in [3.8, 4) is 0 Å². The van der Waals surface area contributed by atoms with Crippen LogP contribution >= 0.6 is 0 Å². The molecular weight excluding hydrogens is 214 g/mol. The lowest BCUT2D eigenvalue weighted by atomic mass is 10.4. The van der Waals surface area contributed by atoms with E-state index >= 15 is 0 Å². The zero-order valence-corrected chi connectivity index (χ0v) is 10.8. The second-order valence-electron chi connectivity index (χ2n) is 3.75. The Balaban J connectivity index is 4.13. The Morgan fingerprint density at radius 3 is 2.20 bits per heavy atom. The monoisotopic (exact) mass is 237 g/mol. The zero-order valence-electron chi connectivity index (χ0n) is 9.94. The van der Waals surface area contributed by atoms with Crippen LogP contribution < -0.4 is 5.73 Å². The third-order valence-corrected chi connectivity index (χ3v) is 4.11. The third kappa shape index (κ3) is 6.09. The zero-order chi connectivity index (χ0) is 11.9. The molecule has 15 heavy (non-hydrogen) atoms. The summed E-state index contributed by atoms with van der Waals surface area (Å²) >= 11 is 0. The van der Waals surface area contributed by atoms with E-state index in [2.05, 4.69) is 0 Å². The van der Waals surface area contributed by atoms with Crippen molar-refractivity contribution in [1.82, 2.24) is 9.21 Å². The summed E-state index contributed by atoms with van der Waals surface area (Å²) in [6.45, 7) is 4.04. The molecule has 0 aromatic carbocycles. The van der Waals surface area contributed by atoms with Crippen LogP contribution in [-0.2, 0) is 10.0 Å². The van der Waals surface area contributed by atoms with E-state index in [1.54, 1.807) is 0 Å². The van der Waals surface area contributed by atoms with Gasteiger partial charge in [-0.3, -0.25) is 0 Å². The van der Waals surface area contributed by atoms with E-state index in [1.165, 1.54) is 4.31 Å². The van der Waals surface area contributed by atoms with Gasteiger partial charge in [-0.25, -0.2) is 12.7 Å². The smallest absolute Gasteiger partial charge is 0.215 e. The molecule has 0 amide bonds. The highest BCUT2D eigenvalue weighted by atomic mass is 32.2. The molecule has 0 aliphatic heterocycles. The van der Waals surface area contributed by atoms with E-state index in [-0.39, 0.29) is 12.3 Å². The van der Waals surface area contributed by atoms with Gasteiger partial charge in [0.25, 0.3) is 0 Å². The van der Waals surface area contributed by atoms with E-state index in [9.17, 15) is 8.42 Å². The largest absolute Gasteiger partial charge is 0.329 e. The molecule has 0 saturated heterocycles. The molecule has 5 nitrogen and oxygen atoms in total. The first-order valence-corrected chi connectivity index (χ1v) is 6.87. The van der Waals surface area contributed by atoms with Gasteiger partial charge in [-0.1, -0.05) is 6.92 Å². The number of hydrogen-bond acceptors (Lipinski definition) is 4. The number of hydrogen-bond donors (Lipinski definition) is 1. The summed E-state index contributed by atoms with van der Waals surface area (Å²) in [7, 11) is 0.823. The van der Waals surface area contributed by atoms with Gasteiger partial charge in [-0.05, 0) is 27.1 Å². The molecule has 0 aliphatic rings. The molecule has 6 heteroatoms. The van der Waals surface area contributed by atoms with Crippen molar-refractivity contribution in [3.05, 3.63) is 0 Å². The molecule has 0 fully saturated rings. The summed E-state index contributed by atoms with van der Waals surface area (Å²) in [6.07, 6.45) is 0.852. The van der Waals surface area contributed by atoms with Crippen LogP contribution in [0.4, 0.5) is 0 Å². The number of nitrogens with two attached hydrogens (primary N) is 1. The second-order valence-corrected chi connectivity index (χ2v) is 5.84. The summed E-state index contributed by atoms with van der Waals surface area (Å²) in [5, 5.41) is 0. The molecule has 0 rings (SSSR count). The van der Waals surface area contributed by atoms with Crippen molar-refractivity contribution in [2.45, 2.75) is 13.3 Å². The Labute approximate surface area is 93.3 Å². The predicted molar refractivity (Wildman–Crippen MR) is 63.3 cm³/mol. The van der Waals surface area contributed by atoms with E-state index in [0.29, 0.717) is 13.1 Å². The van der Waals surface area contributed by atoms with Crippen LogP contribution in [0.1, 0.15) is 13.3 Å². The Morgan fingerprint density at radius 2 is 1.80 bits per heavy atom. The van der Waals surface area contributed by atoms with E-state index in [4.69, 9.17) is 5.73 Å². The van der Waals surface area contributed by atoms with Crippen molar-refractivity contribution in [2.75, 3.05) is 46.0 Å². The molecule has 0 unspecified atom stereocenters. The fraction of sp³-hybridized carbons (Fsp3) is 1.00. The first-order valence-electron chi connectivity index (χ1n) is 5.26. The Kier molecular flexibility index (Phi) is 7.08. The second kappa shape index (κ2) is 7.16. The fourth-order valence-corrected chi connectivity index (χ4v) is 2.69. The molecule has 92 valence electrons. The number of sulfonamides is 1. The summed E-state index contributed by atoms with van der Waals surface area (Å²) in [5.74, 6) is 0.0444. The lowest BCUT2D eigenvalue weighted by molar-refractivity contribution is 0.356. The fourth-order valence-electron chi connectivity index (χ4n) is 1.34. The first kappa shape index (κ1) is 14.8. The van der Waals surface area contributed by atoms with Crippen LogP contribution in [0.5, 0.6) is 0 Å². The standard InChI is InChI=1S/C9H23N3O2S/c1-4-12(8-5-7-11(2)3)15(13,14)9-6-10/h4-10H2,1-3H3. The van der Waals surface area contributed by atoms with Gasteiger partial charge in [0, 0.05) is 19.6 Å². The van der Waals surface area contributed by atoms with Crippen molar-refractivity contribution in [3.63, 3.8) is 0 Å². The molecule has 0 aliphatic carbocycles. The van der Waals surface area contributed by atoms with Gasteiger partial charge in [0.05, 0.1) is 5.75 Å². The lowest BCUT2D eigenvalue weighted by Crippen LogP contribution is -2.36. The maximum Gasteiger partial charge on any atom is 0.215 e. The highest BCUT2D eigenvalue weighted by Crippen LogP contribution is 2.02. The van der Waals surface area contributed by atoms with Gasteiger partial charge >= 0.3 is 0 Å². The van der Waals surface area contributed by atoms with Gasteiger partial charge in [-0.15, -0.1) is 0 Å². The molecule has 0 heterocycles. The molecule has 0 bridgehead atoms. The minimum atomic E-state index is -3.13. The predicted octanol–water partition coefficient (Wildman–Crippen LogP) is -0.451. The van der Waals surface area contributed by atoms with Crippen molar-refractivity contribution in [1.29, 1.82) is 0 Å². The minimum absolute atomic E-state index is 0.0444. The molecule has 0 saturated carbocycles. The molecule has 2 N–H and O–H groups in total. The maximum atomic E-state index is 11.7. The van der Waals surface area contributed by atoms with Crippen LogP contribution in [0, 0.1) is 0 Å². The van der Waals surface area contributed by atoms with Crippen molar-refractivity contribution in [2.24, 2.45) is 5.73 Å². The molecule has 0 aromatic rings. The summed E-state index contributed by atoms with van der Waals surface area (Å²) in [6, 6.07) is 0. The minimum Gasteiger partial charge on any atom is -0.329 e. The lowest BCUT2D eigenvalue weighted by Gasteiger charge is -2.20. The molecule has 0 aromatic heterocycles. The quantitative estimate of drug-likeness (QED) is 0.621. The summed E-state index contributed by atoms with van der Waals surface area (Å²) in [5.41, 5.74) is 5.27. The van der Waals surface area contributed by atoms with Crippen LogP contribution in [0.3, 0.4) is 0 Å². The molecule has 0 atom stereocenters.